The molecule has 0 aliphatic carbocycles. The van der Waals surface area contributed by atoms with Crippen LogP contribution in [0.3, 0.4) is 0 Å². The highest BCUT2D eigenvalue weighted by molar-refractivity contribution is 5.77. The molecule has 7 heteroatoms. The molecule has 1 amide bonds. The van der Waals surface area contributed by atoms with Crippen LogP contribution in [0.1, 0.15) is 11.4 Å². The van der Waals surface area contributed by atoms with Crippen molar-refractivity contribution in [1.82, 2.24) is 15.3 Å². The van der Waals surface area contributed by atoms with E-state index in [0.717, 1.165) is 11.0 Å². The van der Waals surface area contributed by atoms with Gasteiger partial charge in [0, 0.05) is 6.54 Å². The maximum Gasteiger partial charge on any atom is 0.246 e. The van der Waals surface area contributed by atoms with Crippen molar-refractivity contribution < 1.29 is 19.0 Å². The number of hydrogen-bond donors (Lipinski definition) is 2. The van der Waals surface area contributed by atoms with Gasteiger partial charge in [0.15, 0.2) is 0 Å². The molecule has 0 unspecified atom stereocenters. The molecule has 1 aromatic heterocycles. The number of ether oxygens (including phenoxy) is 3. The summed E-state index contributed by atoms with van der Waals surface area (Å²) in [6, 6.07) is 6.01. The van der Waals surface area contributed by atoms with E-state index in [2.05, 4.69) is 15.3 Å². The number of aromatic amines is 1. The van der Waals surface area contributed by atoms with Crippen LogP contribution < -0.4 is 5.32 Å². The van der Waals surface area contributed by atoms with E-state index in [9.17, 15) is 4.79 Å². The minimum absolute atomic E-state index is 0.0103. The largest absolute Gasteiger partial charge is 0.376 e. The number of H-pyrrole nitrogens is 1. The first-order chi connectivity index (χ1) is 11.2. The first-order valence-electron chi connectivity index (χ1n) is 7.70. The Kier molecular flexibility index (Phi) is 5.22. The lowest BCUT2D eigenvalue weighted by Gasteiger charge is -2.22. The number of rotatable bonds is 6. The van der Waals surface area contributed by atoms with E-state index < -0.39 is 0 Å². The zero-order valence-electron chi connectivity index (χ0n) is 13.1. The summed E-state index contributed by atoms with van der Waals surface area (Å²) >= 11 is 0. The van der Waals surface area contributed by atoms with Gasteiger partial charge in [-0.15, -0.1) is 0 Å². The highest BCUT2D eigenvalue weighted by Crippen LogP contribution is 2.13. The van der Waals surface area contributed by atoms with Gasteiger partial charge in [0.1, 0.15) is 19.0 Å². The Morgan fingerprint density at radius 1 is 1.48 bits per heavy atom. The molecule has 1 fully saturated rings. The summed E-state index contributed by atoms with van der Waals surface area (Å²) in [5, 5.41) is 2.77. The van der Waals surface area contributed by atoms with Gasteiger partial charge in [-0.3, -0.25) is 4.79 Å². The summed E-state index contributed by atoms with van der Waals surface area (Å²) in [7, 11) is 0. The van der Waals surface area contributed by atoms with Crippen LogP contribution in [0.2, 0.25) is 0 Å². The number of nitrogens with zero attached hydrogens (tertiary/aromatic N) is 1. The fraction of sp³-hybridized carbons (Fsp3) is 0.500. The highest BCUT2D eigenvalue weighted by atomic mass is 16.6. The molecule has 0 radical (unpaired) electrons. The van der Waals surface area contributed by atoms with Gasteiger partial charge >= 0.3 is 0 Å². The predicted octanol–water partition coefficient (Wildman–Crippen LogP) is 0.920. The predicted molar refractivity (Wildman–Crippen MR) is 84.1 cm³/mol. The Balaban J connectivity index is 1.40. The number of aryl methyl sites for hydroxylation is 1. The van der Waals surface area contributed by atoms with Gasteiger partial charge in [-0.1, -0.05) is 6.07 Å². The molecular formula is C16H21N3O4. The van der Waals surface area contributed by atoms with Crippen LogP contribution in [0.25, 0.3) is 11.0 Å². The van der Waals surface area contributed by atoms with Crippen LogP contribution in [0.15, 0.2) is 18.2 Å². The van der Waals surface area contributed by atoms with E-state index in [0.29, 0.717) is 32.2 Å². The second-order valence-corrected chi connectivity index (χ2v) is 5.57. The average molecular weight is 319 g/mol. The van der Waals surface area contributed by atoms with E-state index in [1.54, 1.807) is 0 Å². The number of benzene rings is 1. The Hall–Kier alpha value is -1.96. The molecule has 1 aromatic carbocycles. The lowest BCUT2D eigenvalue weighted by molar-refractivity contribution is -0.128. The molecular weight excluding hydrogens is 298 g/mol. The fourth-order valence-corrected chi connectivity index (χ4v) is 2.42. The van der Waals surface area contributed by atoms with Crippen molar-refractivity contribution in [2.45, 2.75) is 19.6 Å². The van der Waals surface area contributed by atoms with Crippen LogP contribution >= 0.6 is 0 Å². The van der Waals surface area contributed by atoms with Gasteiger partial charge in [-0.05, 0) is 24.6 Å². The summed E-state index contributed by atoms with van der Waals surface area (Å²) < 4.78 is 16.1. The van der Waals surface area contributed by atoms with E-state index in [4.69, 9.17) is 14.2 Å². The fourth-order valence-electron chi connectivity index (χ4n) is 2.42. The van der Waals surface area contributed by atoms with Crippen molar-refractivity contribution in [2.75, 3.05) is 33.0 Å². The normalized spacial score (nSPS) is 18.2. The third-order valence-electron chi connectivity index (χ3n) is 3.57. The molecule has 2 N–H and O–H groups in total. The van der Waals surface area contributed by atoms with Gasteiger partial charge in [0.05, 0.1) is 37.0 Å². The number of carbonyl (C=O) groups is 1. The molecule has 1 aliphatic heterocycles. The quantitative estimate of drug-likeness (QED) is 0.827. The van der Waals surface area contributed by atoms with Gasteiger partial charge in [0.2, 0.25) is 5.91 Å². The van der Waals surface area contributed by atoms with Crippen molar-refractivity contribution in [2.24, 2.45) is 0 Å². The van der Waals surface area contributed by atoms with Gasteiger partial charge < -0.3 is 24.5 Å². The Morgan fingerprint density at radius 2 is 2.39 bits per heavy atom. The molecule has 23 heavy (non-hydrogen) atoms. The molecule has 2 aromatic rings. The number of carbonyl (C=O) groups excluding carboxylic acids is 1. The first-order valence-corrected chi connectivity index (χ1v) is 7.70. The topological polar surface area (TPSA) is 85.5 Å². The molecule has 0 saturated carbocycles. The number of hydrogen-bond acceptors (Lipinski definition) is 5. The lowest BCUT2D eigenvalue weighted by Crippen LogP contribution is -2.40. The Labute approximate surface area is 134 Å². The summed E-state index contributed by atoms with van der Waals surface area (Å²) in [5.74, 6) is 0.536. The maximum atomic E-state index is 11.7. The van der Waals surface area contributed by atoms with E-state index in [1.165, 1.54) is 5.56 Å². The lowest BCUT2D eigenvalue weighted by atomic mass is 10.2. The monoisotopic (exact) mass is 319 g/mol. The molecule has 1 aliphatic rings. The summed E-state index contributed by atoms with van der Waals surface area (Å²) in [6.07, 6.45) is -0.0775. The summed E-state index contributed by atoms with van der Waals surface area (Å²) in [5.41, 5.74) is 3.04. The van der Waals surface area contributed by atoms with E-state index in [-0.39, 0.29) is 25.2 Å². The molecule has 1 saturated heterocycles. The average Bonchev–Trinajstić information content (AvgIpc) is 2.95. The van der Waals surface area contributed by atoms with Gasteiger partial charge in [0.25, 0.3) is 0 Å². The molecule has 124 valence electrons. The molecule has 0 bridgehead atoms. The van der Waals surface area contributed by atoms with Crippen molar-refractivity contribution >= 4 is 16.9 Å². The number of amides is 1. The van der Waals surface area contributed by atoms with E-state index in [1.807, 2.05) is 25.1 Å². The third kappa shape index (κ3) is 4.51. The Bertz CT molecular complexity index is 664. The van der Waals surface area contributed by atoms with Crippen LogP contribution in [0.4, 0.5) is 0 Å². The summed E-state index contributed by atoms with van der Waals surface area (Å²) in [6.45, 7) is 4.43. The molecule has 2 heterocycles. The van der Waals surface area contributed by atoms with E-state index >= 15 is 0 Å². The number of imidazole rings is 1. The Morgan fingerprint density at radius 3 is 3.22 bits per heavy atom. The van der Waals surface area contributed by atoms with Crippen LogP contribution in [-0.2, 0) is 25.6 Å². The second-order valence-electron chi connectivity index (χ2n) is 5.57. The van der Waals surface area contributed by atoms with Crippen molar-refractivity contribution in [3.63, 3.8) is 0 Å². The minimum Gasteiger partial charge on any atom is -0.376 e. The van der Waals surface area contributed by atoms with Crippen molar-refractivity contribution in [3.05, 3.63) is 29.6 Å². The van der Waals surface area contributed by atoms with Gasteiger partial charge in [-0.2, -0.15) is 0 Å². The highest BCUT2D eigenvalue weighted by Gasteiger charge is 2.15. The molecule has 7 nitrogen and oxygen atoms in total. The van der Waals surface area contributed by atoms with Crippen molar-refractivity contribution in [1.29, 1.82) is 0 Å². The number of fused-ring (bicyclic) bond motifs is 1. The van der Waals surface area contributed by atoms with Gasteiger partial charge in [-0.25, -0.2) is 4.98 Å². The molecule has 3 rings (SSSR count). The zero-order valence-corrected chi connectivity index (χ0v) is 13.1. The second kappa shape index (κ2) is 7.54. The third-order valence-corrected chi connectivity index (χ3v) is 3.57. The smallest absolute Gasteiger partial charge is 0.246 e. The van der Waals surface area contributed by atoms with Crippen LogP contribution in [-0.4, -0.2) is 55.0 Å². The van der Waals surface area contributed by atoms with Crippen LogP contribution in [0.5, 0.6) is 0 Å². The number of nitrogens with one attached hydrogen (secondary N) is 2. The molecule has 1 atom stereocenters. The van der Waals surface area contributed by atoms with Crippen LogP contribution in [0, 0.1) is 6.92 Å². The zero-order chi connectivity index (χ0) is 16.1. The standard InChI is InChI=1S/C16H21N3O4/c1-11-2-3-13-14(6-11)19-15(18-13)9-22-10-16(20)17-7-12-8-21-4-5-23-12/h2-3,6,12H,4-5,7-10H2,1H3,(H,17,20)(H,18,19)/t12-/m0/s1. The first kappa shape index (κ1) is 15.9. The number of aromatic nitrogens is 2. The maximum absolute atomic E-state index is 11.7. The minimum atomic E-state index is -0.175. The molecule has 0 spiro atoms. The SMILES string of the molecule is Cc1ccc2nc(COCC(=O)NC[C@H]3COCCO3)[nH]c2c1. The summed E-state index contributed by atoms with van der Waals surface area (Å²) in [4.78, 5) is 19.3. The van der Waals surface area contributed by atoms with Crippen molar-refractivity contribution in [3.8, 4) is 0 Å².